The predicted molar refractivity (Wildman–Crippen MR) is 102 cm³/mol. The maximum atomic E-state index is 11.9. The Kier molecular flexibility index (Phi) is 4.57. The highest BCUT2D eigenvalue weighted by molar-refractivity contribution is 6.06. The molecule has 8 heteroatoms. The highest BCUT2D eigenvalue weighted by atomic mass is 16.6. The van der Waals surface area contributed by atoms with Gasteiger partial charge in [0.2, 0.25) is 0 Å². The number of cyclic esters (lactones) is 1. The Morgan fingerprint density at radius 1 is 1.33 bits per heavy atom. The van der Waals surface area contributed by atoms with E-state index in [9.17, 15) is 4.79 Å². The molecule has 1 aromatic carbocycles. The lowest BCUT2D eigenvalue weighted by atomic mass is 10.1. The van der Waals surface area contributed by atoms with E-state index in [4.69, 9.17) is 20.2 Å². The van der Waals surface area contributed by atoms with Gasteiger partial charge in [0.05, 0.1) is 17.6 Å². The van der Waals surface area contributed by atoms with E-state index < -0.39 is 0 Å². The summed E-state index contributed by atoms with van der Waals surface area (Å²) in [5.74, 6) is 1.15. The van der Waals surface area contributed by atoms with Crippen LogP contribution in [-0.2, 0) is 22.6 Å². The molecule has 1 aliphatic rings. The van der Waals surface area contributed by atoms with Crippen molar-refractivity contribution in [3.8, 4) is 0 Å². The number of fused-ring (bicyclic) bond motifs is 3. The molecular formula is C19H23N5O3. The van der Waals surface area contributed by atoms with Crippen LogP contribution in [0.25, 0.3) is 21.9 Å². The number of pyridine rings is 1. The molecule has 2 aromatic heterocycles. The van der Waals surface area contributed by atoms with Crippen molar-refractivity contribution in [2.24, 2.45) is 0 Å². The summed E-state index contributed by atoms with van der Waals surface area (Å²) in [6.45, 7) is 4.06. The van der Waals surface area contributed by atoms with Crippen molar-refractivity contribution >= 4 is 33.8 Å². The van der Waals surface area contributed by atoms with Gasteiger partial charge in [-0.15, -0.1) is 0 Å². The lowest BCUT2D eigenvalue weighted by Gasteiger charge is -2.29. The number of amides is 1. The molecule has 1 unspecified atom stereocenters. The maximum Gasteiger partial charge on any atom is 0.409 e. The van der Waals surface area contributed by atoms with E-state index in [0.29, 0.717) is 37.6 Å². The van der Waals surface area contributed by atoms with Gasteiger partial charge in [-0.3, -0.25) is 0 Å². The number of hydrogen-bond donors (Lipinski definition) is 1. The molecule has 0 aliphatic carbocycles. The van der Waals surface area contributed by atoms with Crippen LogP contribution in [0.1, 0.15) is 19.2 Å². The number of ether oxygens (including phenoxy) is 2. The summed E-state index contributed by atoms with van der Waals surface area (Å²) in [6.07, 6.45) is 0.238. The number of aromatic nitrogens is 3. The van der Waals surface area contributed by atoms with Crippen molar-refractivity contribution in [3.63, 3.8) is 0 Å². The molecule has 1 saturated heterocycles. The zero-order valence-electron chi connectivity index (χ0n) is 15.5. The quantitative estimate of drug-likeness (QED) is 0.742. The van der Waals surface area contributed by atoms with Crippen molar-refractivity contribution < 1.29 is 14.3 Å². The van der Waals surface area contributed by atoms with Crippen LogP contribution in [-0.4, -0.2) is 51.8 Å². The maximum absolute atomic E-state index is 11.9. The lowest BCUT2D eigenvalue weighted by Crippen LogP contribution is -2.41. The third-order valence-corrected chi connectivity index (χ3v) is 4.88. The molecule has 0 radical (unpaired) electrons. The monoisotopic (exact) mass is 369 g/mol. The average Bonchev–Trinajstić information content (AvgIpc) is 3.02. The van der Waals surface area contributed by atoms with Gasteiger partial charge in [-0.1, -0.05) is 18.2 Å². The van der Waals surface area contributed by atoms with E-state index in [0.717, 1.165) is 28.7 Å². The Morgan fingerprint density at radius 2 is 2.15 bits per heavy atom. The molecule has 0 bridgehead atoms. The van der Waals surface area contributed by atoms with Crippen LogP contribution in [0.15, 0.2) is 24.3 Å². The number of hydrogen-bond acceptors (Lipinski definition) is 6. The van der Waals surface area contributed by atoms with Crippen LogP contribution in [0, 0.1) is 0 Å². The summed E-state index contributed by atoms with van der Waals surface area (Å²) >= 11 is 0. The van der Waals surface area contributed by atoms with E-state index in [-0.39, 0.29) is 12.2 Å². The van der Waals surface area contributed by atoms with Crippen molar-refractivity contribution in [2.75, 3.05) is 25.9 Å². The van der Waals surface area contributed by atoms with Crippen LogP contribution < -0.4 is 5.73 Å². The number of rotatable bonds is 5. The second kappa shape index (κ2) is 7.03. The fourth-order valence-electron chi connectivity index (χ4n) is 3.46. The van der Waals surface area contributed by atoms with Crippen molar-refractivity contribution in [1.82, 2.24) is 19.4 Å². The fourth-order valence-corrected chi connectivity index (χ4v) is 3.46. The third kappa shape index (κ3) is 3.16. The van der Waals surface area contributed by atoms with Crippen molar-refractivity contribution in [3.05, 3.63) is 30.1 Å². The SMILES string of the molecule is CCOCc1nc2c(N)nc3ccccc3c2n1CC1CCN(C)C(=O)O1. The van der Waals surface area contributed by atoms with Crippen LogP contribution >= 0.6 is 0 Å². The molecule has 0 saturated carbocycles. The highest BCUT2D eigenvalue weighted by Gasteiger charge is 2.27. The predicted octanol–water partition coefficient (Wildman–Crippen LogP) is 2.54. The first kappa shape index (κ1) is 17.5. The first-order valence-corrected chi connectivity index (χ1v) is 9.11. The number of carbonyl (C=O) groups excluding carboxylic acids is 1. The van der Waals surface area contributed by atoms with Gasteiger partial charge in [-0.25, -0.2) is 14.8 Å². The van der Waals surface area contributed by atoms with E-state index in [2.05, 4.69) is 9.55 Å². The minimum atomic E-state index is -0.298. The molecule has 0 spiro atoms. The van der Waals surface area contributed by atoms with Gasteiger partial charge < -0.3 is 24.7 Å². The summed E-state index contributed by atoms with van der Waals surface area (Å²) < 4.78 is 13.2. The zero-order chi connectivity index (χ0) is 19.0. The van der Waals surface area contributed by atoms with Gasteiger partial charge in [0.1, 0.15) is 24.1 Å². The molecule has 3 heterocycles. The number of imidazole rings is 1. The first-order chi connectivity index (χ1) is 13.1. The topological polar surface area (TPSA) is 95.5 Å². The van der Waals surface area contributed by atoms with Crippen LogP contribution in [0.2, 0.25) is 0 Å². The average molecular weight is 369 g/mol. The van der Waals surface area contributed by atoms with E-state index in [1.54, 1.807) is 11.9 Å². The van der Waals surface area contributed by atoms with Crippen molar-refractivity contribution in [2.45, 2.75) is 32.6 Å². The summed E-state index contributed by atoms with van der Waals surface area (Å²) in [6, 6.07) is 7.84. The molecular weight excluding hydrogens is 346 g/mol. The standard InChI is InChI=1S/C19H23N5O3/c1-3-26-11-15-22-16-17(13-6-4-5-7-14(13)21-18(16)20)24(15)10-12-8-9-23(2)19(25)27-12/h4-7,12H,3,8-11H2,1-2H3,(H2,20,21). The summed E-state index contributed by atoms with van der Waals surface area (Å²) in [4.78, 5) is 22.7. The second-order valence-electron chi connectivity index (χ2n) is 6.70. The zero-order valence-corrected chi connectivity index (χ0v) is 15.5. The van der Waals surface area contributed by atoms with Gasteiger partial charge in [-0.05, 0) is 13.0 Å². The van der Waals surface area contributed by atoms with Crippen LogP contribution in [0.4, 0.5) is 10.6 Å². The Hall–Kier alpha value is -2.87. The molecule has 1 fully saturated rings. The number of benzene rings is 1. The smallest absolute Gasteiger partial charge is 0.409 e. The number of nitrogens with zero attached hydrogens (tertiary/aromatic N) is 4. The number of para-hydroxylation sites is 1. The summed E-state index contributed by atoms with van der Waals surface area (Å²) in [7, 11) is 1.74. The third-order valence-electron chi connectivity index (χ3n) is 4.88. The molecule has 2 N–H and O–H groups in total. The fraction of sp³-hybridized carbons (Fsp3) is 0.421. The molecule has 4 rings (SSSR count). The van der Waals surface area contributed by atoms with Gasteiger partial charge >= 0.3 is 6.09 Å². The Morgan fingerprint density at radius 3 is 2.93 bits per heavy atom. The Labute approximate surface area is 156 Å². The molecule has 1 amide bonds. The second-order valence-corrected chi connectivity index (χ2v) is 6.70. The number of nitrogens with two attached hydrogens (primary N) is 1. The molecule has 8 nitrogen and oxygen atoms in total. The van der Waals surface area contributed by atoms with E-state index in [1.165, 1.54) is 0 Å². The van der Waals surface area contributed by atoms with Gasteiger partial charge in [0.15, 0.2) is 5.82 Å². The van der Waals surface area contributed by atoms with Gasteiger partial charge in [0.25, 0.3) is 0 Å². The van der Waals surface area contributed by atoms with Gasteiger partial charge in [-0.2, -0.15) is 0 Å². The molecule has 3 aromatic rings. The first-order valence-electron chi connectivity index (χ1n) is 9.11. The molecule has 27 heavy (non-hydrogen) atoms. The molecule has 1 atom stereocenters. The summed E-state index contributed by atoms with van der Waals surface area (Å²) in [5.41, 5.74) is 8.56. The number of carbonyl (C=O) groups is 1. The van der Waals surface area contributed by atoms with E-state index in [1.807, 2.05) is 31.2 Å². The van der Waals surface area contributed by atoms with E-state index >= 15 is 0 Å². The van der Waals surface area contributed by atoms with Crippen LogP contribution in [0.5, 0.6) is 0 Å². The van der Waals surface area contributed by atoms with Crippen molar-refractivity contribution in [1.29, 1.82) is 0 Å². The van der Waals surface area contributed by atoms with Gasteiger partial charge in [0, 0.05) is 32.0 Å². The molecule has 1 aliphatic heterocycles. The minimum Gasteiger partial charge on any atom is -0.444 e. The van der Waals surface area contributed by atoms with Crippen LogP contribution in [0.3, 0.4) is 0 Å². The minimum absolute atomic E-state index is 0.223. The lowest BCUT2D eigenvalue weighted by molar-refractivity contribution is 0.0246. The Bertz CT molecular complexity index is 1000. The highest BCUT2D eigenvalue weighted by Crippen LogP contribution is 2.30. The Balaban J connectivity index is 1.84. The number of anilines is 1. The summed E-state index contributed by atoms with van der Waals surface area (Å²) in [5, 5.41) is 0.969. The molecule has 142 valence electrons. The number of nitrogen functional groups attached to an aromatic ring is 1. The normalized spacial score (nSPS) is 17.6. The largest absolute Gasteiger partial charge is 0.444 e.